The van der Waals surface area contributed by atoms with E-state index < -0.39 is 10.0 Å². The van der Waals surface area contributed by atoms with Crippen LogP contribution in [0.1, 0.15) is 28.2 Å². The zero-order valence-corrected chi connectivity index (χ0v) is 17.1. The van der Waals surface area contributed by atoms with E-state index in [0.717, 1.165) is 23.2 Å². The third-order valence-corrected chi connectivity index (χ3v) is 6.56. The maximum Gasteiger partial charge on any atom is 0.242 e. The zero-order valence-electron chi connectivity index (χ0n) is 16.3. The zero-order chi connectivity index (χ0) is 19.6. The molecule has 0 aromatic heterocycles. The molecule has 0 amide bonds. The van der Waals surface area contributed by atoms with Crippen LogP contribution in [-0.4, -0.2) is 52.4 Å². The SMILES string of the molecule is CN(C)CC=CC1c2ccccc2C=Cc2ccc(S(=O)(=O)N(C)C)cc21. The summed E-state index contributed by atoms with van der Waals surface area (Å²) in [6.07, 6.45) is 8.49. The van der Waals surface area contributed by atoms with Crippen molar-refractivity contribution in [3.8, 4) is 0 Å². The van der Waals surface area contributed by atoms with Crippen molar-refractivity contribution in [1.82, 2.24) is 9.21 Å². The highest BCUT2D eigenvalue weighted by atomic mass is 32.2. The molecule has 0 N–H and O–H groups in total. The summed E-state index contributed by atoms with van der Waals surface area (Å²) in [5, 5.41) is 0. The van der Waals surface area contributed by atoms with Gasteiger partial charge in [0.05, 0.1) is 4.90 Å². The number of fused-ring (bicyclic) bond motifs is 2. The predicted molar refractivity (Wildman–Crippen MR) is 112 cm³/mol. The fourth-order valence-corrected chi connectivity index (χ4v) is 4.19. The first-order chi connectivity index (χ1) is 12.8. The average molecular weight is 383 g/mol. The normalized spacial score (nSPS) is 16.6. The van der Waals surface area contributed by atoms with Gasteiger partial charge in [-0.25, -0.2) is 12.7 Å². The molecule has 1 aliphatic rings. The quantitative estimate of drug-likeness (QED) is 0.741. The highest BCUT2D eigenvalue weighted by Gasteiger charge is 2.23. The van der Waals surface area contributed by atoms with E-state index in [0.29, 0.717) is 4.90 Å². The van der Waals surface area contributed by atoms with Gasteiger partial charge in [0.1, 0.15) is 0 Å². The Morgan fingerprint density at radius 1 is 0.926 bits per heavy atom. The van der Waals surface area contributed by atoms with Crippen molar-refractivity contribution in [1.29, 1.82) is 0 Å². The molecule has 1 aliphatic carbocycles. The van der Waals surface area contributed by atoms with Crippen molar-refractivity contribution >= 4 is 22.2 Å². The van der Waals surface area contributed by atoms with Gasteiger partial charge in [0.2, 0.25) is 10.0 Å². The summed E-state index contributed by atoms with van der Waals surface area (Å²) in [4.78, 5) is 2.43. The summed E-state index contributed by atoms with van der Waals surface area (Å²) in [6, 6.07) is 13.7. The van der Waals surface area contributed by atoms with E-state index in [1.54, 1.807) is 20.2 Å². The molecule has 0 bridgehead atoms. The molecule has 2 aromatic carbocycles. The Bertz CT molecular complexity index is 989. The van der Waals surface area contributed by atoms with Crippen LogP contribution < -0.4 is 0 Å². The Balaban J connectivity index is 2.17. The topological polar surface area (TPSA) is 40.6 Å². The number of hydrogen-bond donors (Lipinski definition) is 0. The minimum Gasteiger partial charge on any atom is -0.306 e. The fraction of sp³-hybridized carbons (Fsp3) is 0.273. The van der Waals surface area contributed by atoms with Gasteiger partial charge in [0, 0.05) is 26.6 Å². The molecule has 27 heavy (non-hydrogen) atoms. The molecule has 142 valence electrons. The van der Waals surface area contributed by atoms with Gasteiger partial charge in [-0.1, -0.05) is 54.6 Å². The molecule has 5 heteroatoms. The molecule has 0 spiro atoms. The van der Waals surface area contributed by atoms with E-state index in [1.807, 2.05) is 38.4 Å². The molecule has 0 fully saturated rings. The predicted octanol–water partition coefficient (Wildman–Crippen LogP) is 3.67. The van der Waals surface area contributed by atoms with Gasteiger partial charge in [0.25, 0.3) is 0 Å². The Kier molecular flexibility index (Phi) is 5.65. The van der Waals surface area contributed by atoms with E-state index in [2.05, 4.69) is 41.3 Å². The van der Waals surface area contributed by atoms with Crippen LogP contribution in [0.4, 0.5) is 0 Å². The van der Waals surface area contributed by atoms with Crippen molar-refractivity contribution in [3.63, 3.8) is 0 Å². The minimum atomic E-state index is -3.48. The van der Waals surface area contributed by atoms with Crippen LogP contribution in [-0.2, 0) is 10.0 Å². The molecule has 3 rings (SSSR count). The average Bonchev–Trinajstić information content (AvgIpc) is 2.78. The monoisotopic (exact) mass is 382 g/mol. The number of hydrogen-bond acceptors (Lipinski definition) is 3. The first kappa shape index (κ1) is 19.5. The van der Waals surface area contributed by atoms with Crippen molar-refractivity contribution < 1.29 is 8.42 Å². The summed E-state index contributed by atoms with van der Waals surface area (Å²) in [6.45, 7) is 0.830. The summed E-state index contributed by atoms with van der Waals surface area (Å²) < 4.78 is 26.5. The van der Waals surface area contributed by atoms with Crippen LogP contribution in [0.3, 0.4) is 0 Å². The largest absolute Gasteiger partial charge is 0.306 e. The number of allylic oxidation sites excluding steroid dienone is 1. The second-order valence-electron chi connectivity index (χ2n) is 7.21. The lowest BCUT2D eigenvalue weighted by Crippen LogP contribution is -2.22. The van der Waals surface area contributed by atoms with Gasteiger partial charge < -0.3 is 4.90 Å². The maximum atomic E-state index is 12.6. The van der Waals surface area contributed by atoms with Crippen molar-refractivity contribution in [2.24, 2.45) is 0 Å². The molecular formula is C22H26N2O2S. The Labute approximate surface area is 162 Å². The second kappa shape index (κ2) is 7.80. The summed E-state index contributed by atoms with van der Waals surface area (Å²) in [5.74, 6) is 0.00321. The highest BCUT2D eigenvalue weighted by molar-refractivity contribution is 7.89. The molecule has 4 nitrogen and oxygen atoms in total. The first-order valence-electron chi connectivity index (χ1n) is 8.95. The lowest BCUT2D eigenvalue weighted by molar-refractivity contribution is 0.456. The highest BCUT2D eigenvalue weighted by Crippen LogP contribution is 2.36. The van der Waals surface area contributed by atoms with Crippen LogP contribution >= 0.6 is 0 Å². The van der Waals surface area contributed by atoms with Gasteiger partial charge >= 0.3 is 0 Å². The second-order valence-corrected chi connectivity index (χ2v) is 9.36. The number of nitrogens with zero attached hydrogens (tertiary/aromatic N) is 2. The number of sulfonamides is 1. The lowest BCUT2D eigenvalue weighted by atomic mass is 9.87. The molecular weight excluding hydrogens is 356 g/mol. The Hall–Kier alpha value is -2.21. The van der Waals surface area contributed by atoms with E-state index in [1.165, 1.54) is 9.87 Å². The minimum absolute atomic E-state index is 0.00321. The van der Waals surface area contributed by atoms with Crippen molar-refractivity contribution in [2.75, 3.05) is 34.7 Å². The number of likely N-dealkylation sites (N-methyl/N-ethyl adjacent to an activating group) is 1. The van der Waals surface area contributed by atoms with Crippen LogP contribution in [0.25, 0.3) is 12.2 Å². The van der Waals surface area contributed by atoms with Crippen LogP contribution in [0.5, 0.6) is 0 Å². The van der Waals surface area contributed by atoms with E-state index in [9.17, 15) is 8.42 Å². The van der Waals surface area contributed by atoms with Crippen LogP contribution in [0.2, 0.25) is 0 Å². The molecule has 1 atom stereocenters. The standard InChI is InChI=1S/C22H26N2O2S/c1-23(2)15-7-10-21-20-9-6-5-8-17(20)11-12-18-13-14-19(16-22(18)21)27(25,26)24(3)4/h5-14,16,21H,15H2,1-4H3. The molecule has 0 aliphatic heterocycles. The maximum absolute atomic E-state index is 12.6. The number of rotatable bonds is 5. The van der Waals surface area contributed by atoms with Gasteiger partial charge in [-0.3, -0.25) is 0 Å². The summed E-state index contributed by atoms with van der Waals surface area (Å²) in [7, 11) is 3.70. The third kappa shape index (κ3) is 4.05. The molecule has 0 heterocycles. The summed E-state index contributed by atoms with van der Waals surface area (Å²) in [5.41, 5.74) is 4.39. The van der Waals surface area contributed by atoms with Gasteiger partial charge in [-0.05, 0) is 48.5 Å². The molecule has 1 unspecified atom stereocenters. The Morgan fingerprint density at radius 3 is 2.26 bits per heavy atom. The van der Waals surface area contributed by atoms with E-state index in [-0.39, 0.29) is 5.92 Å². The summed E-state index contributed by atoms with van der Waals surface area (Å²) >= 11 is 0. The van der Waals surface area contributed by atoms with Gasteiger partial charge in [-0.15, -0.1) is 0 Å². The molecule has 0 radical (unpaired) electrons. The Morgan fingerprint density at radius 2 is 1.59 bits per heavy atom. The molecule has 2 aromatic rings. The van der Waals surface area contributed by atoms with Crippen LogP contribution in [0.15, 0.2) is 59.5 Å². The van der Waals surface area contributed by atoms with E-state index >= 15 is 0 Å². The third-order valence-electron chi connectivity index (χ3n) is 4.74. The lowest BCUT2D eigenvalue weighted by Gasteiger charge is -2.19. The van der Waals surface area contributed by atoms with Crippen LogP contribution in [0, 0.1) is 0 Å². The fourth-order valence-electron chi connectivity index (χ4n) is 3.25. The molecule has 0 saturated carbocycles. The smallest absolute Gasteiger partial charge is 0.242 e. The van der Waals surface area contributed by atoms with Crippen molar-refractivity contribution in [3.05, 3.63) is 76.9 Å². The van der Waals surface area contributed by atoms with Gasteiger partial charge in [-0.2, -0.15) is 0 Å². The van der Waals surface area contributed by atoms with Gasteiger partial charge in [0.15, 0.2) is 0 Å². The van der Waals surface area contributed by atoms with Crippen molar-refractivity contribution in [2.45, 2.75) is 10.8 Å². The number of benzene rings is 2. The first-order valence-corrected chi connectivity index (χ1v) is 10.4. The van der Waals surface area contributed by atoms with E-state index in [4.69, 9.17) is 0 Å². The molecule has 0 saturated heterocycles.